The van der Waals surface area contributed by atoms with Crippen molar-refractivity contribution in [3.05, 3.63) is 74.1 Å². The second-order valence-electron chi connectivity index (χ2n) is 9.73. The number of amides is 1. The largest absolute Gasteiger partial charge is 0.490 e. The molecule has 198 valence electrons. The number of hydrogen-bond donors (Lipinski definition) is 1. The SMILES string of the molecule is CCOc1cc(C2C3=C(CCCC3=O)N(C)C3=C2C(=O)CCC3)cc(I)c1OCC(=O)Nc1ccccc1. The predicted molar refractivity (Wildman–Crippen MR) is 153 cm³/mol. The van der Waals surface area contributed by atoms with Gasteiger partial charge in [-0.05, 0) is 85.0 Å². The molecule has 0 fully saturated rings. The molecule has 1 N–H and O–H groups in total. The van der Waals surface area contributed by atoms with Crippen LogP contribution in [0.15, 0.2) is 65.0 Å². The molecule has 0 saturated heterocycles. The summed E-state index contributed by atoms with van der Waals surface area (Å²) in [7, 11) is 1.99. The van der Waals surface area contributed by atoms with Gasteiger partial charge in [-0.2, -0.15) is 0 Å². The summed E-state index contributed by atoms with van der Waals surface area (Å²) in [5.74, 6) is 0.495. The van der Waals surface area contributed by atoms with E-state index >= 15 is 0 Å². The Labute approximate surface area is 236 Å². The average Bonchev–Trinajstić information content (AvgIpc) is 2.90. The molecule has 3 aliphatic rings. The lowest BCUT2D eigenvalue weighted by molar-refractivity contribution is -0.118. The Kier molecular flexibility index (Phi) is 7.88. The molecular weight excluding hydrogens is 595 g/mol. The lowest BCUT2D eigenvalue weighted by Crippen LogP contribution is -2.37. The zero-order chi connectivity index (χ0) is 26.8. The third kappa shape index (κ3) is 5.10. The third-order valence-electron chi connectivity index (χ3n) is 7.31. The maximum Gasteiger partial charge on any atom is 0.262 e. The van der Waals surface area contributed by atoms with Crippen LogP contribution in [-0.4, -0.2) is 42.6 Å². The van der Waals surface area contributed by atoms with Crippen LogP contribution in [0.4, 0.5) is 5.69 Å². The fourth-order valence-corrected chi connectivity index (χ4v) is 6.48. The molecule has 2 aromatic rings. The van der Waals surface area contributed by atoms with Crippen molar-refractivity contribution in [2.45, 2.75) is 51.4 Å². The molecular formula is C30H31IN2O5. The van der Waals surface area contributed by atoms with Crippen LogP contribution >= 0.6 is 22.6 Å². The van der Waals surface area contributed by atoms with Gasteiger partial charge in [0, 0.05) is 54.0 Å². The number of halogens is 1. The molecule has 1 aliphatic heterocycles. The third-order valence-corrected chi connectivity index (χ3v) is 8.12. The minimum absolute atomic E-state index is 0.110. The summed E-state index contributed by atoms with van der Waals surface area (Å²) in [5, 5.41) is 2.82. The molecule has 0 radical (unpaired) electrons. The first kappa shape index (κ1) is 26.5. The number of para-hydroxylation sites is 1. The van der Waals surface area contributed by atoms with Gasteiger partial charge in [0.1, 0.15) is 0 Å². The van der Waals surface area contributed by atoms with Crippen LogP contribution < -0.4 is 14.8 Å². The van der Waals surface area contributed by atoms with Crippen LogP contribution in [-0.2, 0) is 14.4 Å². The van der Waals surface area contributed by atoms with Crippen LogP contribution in [0.3, 0.4) is 0 Å². The maximum atomic E-state index is 13.3. The lowest BCUT2D eigenvalue weighted by Gasteiger charge is -2.42. The normalized spacial score (nSPS) is 17.8. The fourth-order valence-electron chi connectivity index (χ4n) is 5.70. The molecule has 2 aliphatic carbocycles. The Morgan fingerprint density at radius 2 is 1.61 bits per heavy atom. The molecule has 0 atom stereocenters. The molecule has 7 nitrogen and oxygen atoms in total. The first-order valence-electron chi connectivity index (χ1n) is 13.1. The highest BCUT2D eigenvalue weighted by Crippen LogP contribution is 2.50. The number of nitrogens with one attached hydrogen (secondary N) is 1. The summed E-state index contributed by atoms with van der Waals surface area (Å²) in [4.78, 5) is 41.2. The Morgan fingerprint density at radius 3 is 2.21 bits per heavy atom. The molecule has 8 heteroatoms. The first-order chi connectivity index (χ1) is 18.4. The molecule has 1 heterocycles. The van der Waals surface area contributed by atoms with Gasteiger partial charge in [0.05, 0.1) is 10.2 Å². The van der Waals surface area contributed by atoms with Gasteiger partial charge < -0.3 is 19.7 Å². The second-order valence-corrected chi connectivity index (χ2v) is 10.9. The molecule has 0 aromatic heterocycles. The first-order valence-corrected chi connectivity index (χ1v) is 14.2. The van der Waals surface area contributed by atoms with E-state index in [0.29, 0.717) is 36.6 Å². The van der Waals surface area contributed by atoms with E-state index in [1.807, 2.05) is 56.4 Å². The van der Waals surface area contributed by atoms with E-state index < -0.39 is 5.92 Å². The number of ketones is 2. The number of ether oxygens (including phenoxy) is 2. The maximum absolute atomic E-state index is 13.3. The number of rotatable bonds is 7. The summed E-state index contributed by atoms with van der Waals surface area (Å²) < 4.78 is 12.7. The number of benzene rings is 2. The molecule has 1 amide bonds. The Balaban J connectivity index is 1.51. The lowest BCUT2D eigenvalue weighted by atomic mass is 9.71. The van der Waals surface area contributed by atoms with Crippen LogP contribution in [0.25, 0.3) is 0 Å². The summed E-state index contributed by atoms with van der Waals surface area (Å²) in [6.07, 6.45) is 4.29. The van der Waals surface area contributed by atoms with Gasteiger partial charge in [0.15, 0.2) is 29.7 Å². The topological polar surface area (TPSA) is 84.9 Å². The van der Waals surface area contributed by atoms with Crippen molar-refractivity contribution in [2.24, 2.45) is 0 Å². The minimum atomic E-state index is -0.417. The van der Waals surface area contributed by atoms with E-state index in [1.54, 1.807) is 0 Å². The van der Waals surface area contributed by atoms with Gasteiger partial charge in [-0.1, -0.05) is 18.2 Å². The van der Waals surface area contributed by atoms with Gasteiger partial charge >= 0.3 is 0 Å². The molecule has 0 spiro atoms. The zero-order valence-electron chi connectivity index (χ0n) is 21.6. The van der Waals surface area contributed by atoms with Crippen LogP contribution in [0.2, 0.25) is 0 Å². The van der Waals surface area contributed by atoms with Crippen molar-refractivity contribution in [1.29, 1.82) is 0 Å². The summed E-state index contributed by atoms with van der Waals surface area (Å²) in [6, 6.07) is 13.1. The van der Waals surface area contributed by atoms with Gasteiger partial charge in [-0.15, -0.1) is 0 Å². The van der Waals surface area contributed by atoms with E-state index in [0.717, 1.165) is 57.4 Å². The Bertz CT molecular complexity index is 1300. The number of carbonyl (C=O) groups is 3. The molecule has 5 rings (SSSR count). The van der Waals surface area contributed by atoms with E-state index in [-0.39, 0.29) is 24.1 Å². The van der Waals surface area contributed by atoms with E-state index in [4.69, 9.17) is 9.47 Å². The fraction of sp³-hybridized carbons (Fsp3) is 0.367. The van der Waals surface area contributed by atoms with Crippen LogP contribution in [0.1, 0.15) is 56.9 Å². The number of allylic oxidation sites excluding steroid dienone is 4. The highest BCUT2D eigenvalue weighted by atomic mass is 127. The standard InChI is InChI=1S/C30H31IN2O5/c1-3-37-25-16-18(15-20(31)30(25)38-17-26(36)32-19-9-5-4-6-10-19)27-28-21(11-7-13-23(28)34)33(2)22-12-8-14-24(35)29(22)27/h4-6,9-10,15-16,27H,3,7-8,11-14,17H2,1-2H3,(H,32,36). The van der Waals surface area contributed by atoms with Gasteiger partial charge in [-0.25, -0.2) is 0 Å². The van der Waals surface area contributed by atoms with Crippen LogP contribution in [0, 0.1) is 3.57 Å². The van der Waals surface area contributed by atoms with E-state index in [2.05, 4.69) is 32.8 Å². The predicted octanol–water partition coefficient (Wildman–Crippen LogP) is 5.75. The molecule has 38 heavy (non-hydrogen) atoms. The van der Waals surface area contributed by atoms with Gasteiger partial charge in [0.2, 0.25) is 0 Å². The van der Waals surface area contributed by atoms with Crippen molar-refractivity contribution in [3.63, 3.8) is 0 Å². The number of carbonyl (C=O) groups excluding carboxylic acids is 3. The molecule has 2 aromatic carbocycles. The van der Waals surface area contributed by atoms with Crippen molar-refractivity contribution in [3.8, 4) is 11.5 Å². The van der Waals surface area contributed by atoms with E-state index in [9.17, 15) is 14.4 Å². The van der Waals surface area contributed by atoms with Gasteiger partial charge in [-0.3, -0.25) is 14.4 Å². The van der Waals surface area contributed by atoms with Gasteiger partial charge in [0.25, 0.3) is 5.91 Å². The number of anilines is 1. The monoisotopic (exact) mass is 626 g/mol. The van der Waals surface area contributed by atoms with Crippen molar-refractivity contribution < 1.29 is 23.9 Å². The van der Waals surface area contributed by atoms with Crippen molar-refractivity contribution in [2.75, 3.05) is 25.6 Å². The van der Waals surface area contributed by atoms with Crippen LogP contribution in [0.5, 0.6) is 11.5 Å². The molecule has 0 saturated carbocycles. The molecule has 0 unspecified atom stereocenters. The molecule has 0 bridgehead atoms. The average molecular weight is 626 g/mol. The van der Waals surface area contributed by atoms with Crippen molar-refractivity contribution in [1.82, 2.24) is 4.90 Å². The van der Waals surface area contributed by atoms with E-state index in [1.165, 1.54) is 0 Å². The van der Waals surface area contributed by atoms with Crippen molar-refractivity contribution >= 4 is 45.8 Å². The number of nitrogens with zero attached hydrogens (tertiary/aromatic N) is 1. The smallest absolute Gasteiger partial charge is 0.262 e. The highest BCUT2D eigenvalue weighted by molar-refractivity contribution is 14.1. The minimum Gasteiger partial charge on any atom is -0.490 e. The Morgan fingerprint density at radius 1 is 0.974 bits per heavy atom. The summed E-state index contributed by atoms with van der Waals surface area (Å²) >= 11 is 2.18. The highest BCUT2D eigenvalue weighted by Gasteiger charge is 2.42. The number of hydrogen-bond acceptors (Lipinski definition) is 6. The Hall–Kier alpha value is -3.14. The quantitative estimate of drug-likeness (QED) is 0.394. The summed E-state index contributed by atoms with van der Waals surface area (Å²) in [5.41, 5.74) is 5.08. The second kappa shape index (κ2) is 11.3. The summed E-state index contributed by atoms with van der Waals surface area (Å²) in [6.45, 7) is 2.11. The number of Topliss-reactive ketones (excluding diaryl/α,β-unsaturated/α-hetero) is 2. The zero-order valence-corrected chi connectivity index (χ0v) is 23.8.